The van der Waals surface area contributed by atoms with Crippen LogP contribution in [0.5, 0.6) is 0 Å². The van der Waals surface area contributed by atoms with Crippen molar-refractivity contribution in [2.45, 2.75) is 0 Å². The standard InChI is InChI=1S/C21H12ClN7S/c22-17-7-6-16(30-17)11-9-23-10-15-18(11)27-21(26-15)20-19-14(28-29-20)5-4-13(25-19)12-3-1-2-8-24-12/h1-10H,(H,26,27)(H,28,29). The van der Waals surface area contributed by atoms with E-state index in [9.17, 15) is 0 Å². The van der Waals surface area contributed by atoms with E-state index < -0.39 is 0 Å². The SMILES string of the molecule is Clc1ccc(-c2cncc3[nH]c(-c4n[nH]c5ccc(-c6ccccn6)nc45)nc23)s1. The summed E-state index contributed by atoms with van der Waals surface area (Å²) >= 11 is 7.62. The lowest BCUT2D eigenvalue weighted by molar-refractivity contribution is 1.10. The molecule has 9 heteroatoms. The maximum atomic E-state index is 6.12. The molecule has 7 nitrogen and oxygen atoms in total. The van der Waals surface area contributed by atoms with Gasteiger partial charge in [0.05, 0.1) is 33.0 Å². The molecular formula is C21H12ClN7S. The second-order valence-electron chi connectivity index (χ2n) is 6.65. The molecule has 0 radical (unpaired) electrons. The van der Waals surface area contributed by atoms with Gasteiger partial charge >= 0.3 is 0 Å². The fraction of sp³-hybridized carbons (Fsp3) is 0. The summed E-state index contributed by atoms with van der Waals surface area (Å²) in [6, 6.07) is 13.5. The summed E-state index contributed by atoms with van der Waals surface area (Å²) in [5.41, 5.74) is 6.34. The van der Waals surface area contributed by atoms with E-state index in [1.54, 1.807) is 18.6 Å². The number of pyridine rings is 3. The molecule has 0 aliphatic rings. The molecule has 30 heavy (non-hydrogen) atoms. The van der Waals surface area contributed by atoms with Crippen LogP contribution in [-0.4, -0.2) is 35.1 Å². The summed E-state index contributed by atoms with van der Waals surface area (Å²) in [6.07, 6.45) is 5.31. The second kappa shape index (κ2) is 6.72. The van der Waals surface area contributed by atoms with Gasteiger partial charge in [-0.2, -0.15) is 5.10 Å². The van der Waals surface area contributed by atoms with Gasteiger partial charge in [-0.25, -0.2) is 9.97 Å². The van der Waals surface area contributed by atoms with Crippen LogP contribution < -0.4 is 0 Å². The molecule has 2 N–H and O–H groups in total. The highest BCUT2D eigenvalue weighted by molar-refractivity contribution is 7.19. The third-order valence-electron chi connectivity index (χ3n) is 4.79. The highest BCUT2D eigenvalue weighted by atomic mass is 35.5. The maximum Gasteiger partial charge on any atom is 0.161 e. The zero-order valence-electron chi connectivity index (χ0n) is 15.3. The molecule has 6 heterocycles. The lowest BCUT2D eigenvalue weighted by Gasteiger charge is -2.00. The molecule has 0 unspecified atom stereocenters. The number of fused-ring (bicyclic) bond motifs is 2. The van der Waals surface area contributed by atoms with Crippen LogP contribution >= 0.6 is 22.9 Å². The van der Waals surface area contributed by atoms with E-state index >= 15 is 0 Å². The molecule has 0 spiro atoms. The molecule has 0 aromatic carbocycles. The number of hydrogen-bond acceptors (Lipinski definition) is 6. The van der Waals surface area contributed by atoms with Crippen LogP contribution in [0.4, 0.5) is 0 Å². The number of halogens is 1. The van der Waals surface area contributed by atoms with Crippen molar-refractivity contribution < 1.29 is 0 Å². The Kier molecular flexibility index (Phi) is 3.87. The molecule has 0 bridgehead atoms. The average molecular weight is 430 g/mol. The molecule has 0 aliphatic heterocycles. The second-order valence-corrected chi connectivity index (χ2v) is 8.37. The molecule has 0 aliphatic carbocycles. The molecule has 6 aromatic rings. The van der Waals surface area contributed by atoms with Gasteiger partial charge in [0.1, 0.15) is 11.0 Å². The summed E-state index contributed by atoms with van der Waals surface area (Å²) < 4.78 is 0.724. The van der Waals surface area contributed by atoms with Crippen LogP contribution in [0.25, 0.3) is 55.4 Å². The Morgan fingerprint density at radius 3 is 2.67 bits per heavy atom. The first-order valence-electron chi connectivity index (χ1n) is 9.12. The summed E-state index contributed by atoms with van der Waals surface area (Å²) in [6.45, 7) is 0. The van der Waals surface area contributed by atoms with Gasteiger partial charge in [-0.1, -0.05) is 17.7 Å². The zero-order chi connectivity index (χ0) is 20.1. The predicted octanol–water partition coefficient (Wildman–Crippen LogP) is 5.34. The fourth-order valence-electron chi connectivity index (χ4n) is 3.41. The minimum Gasteiger partial charge on any atom is -0.335 e. The van der Waals surface area contributed by atoms with Crippen molar-refractivity contribution in [1.82, 2.24) is 35.1 Å². The van der Waals surface area contributed by atoms with E-state index in [0.29, 0.717) is 11.5 Å². The number of rotatable bonds is 3. The molecule has 0 amide bonds. The number of hydrogen-bond donors (Lipinski definition) is 2. The van der Waals surface area contributed by atoms with Crippen molar-refractivity contribution >= 4 is 45.0 Å². The van der Waals surface area contributed by atoms with Gasteiger partial charge in [0.2, 0.25) is 0 Å². The Morgan fingerprint density at radius 1 is 0.867 bits per heavy atom. The number of nitrogens with zero attached hydrogens (tertiary/aromatic N) is 5. The molecular weight excluding hydrogens is 418 g/mol. The maximum absolute atomic E-state index is 6.12. The normalized spacial score (nSPS) is 11.5. The molecule has 0 saturated carbocycles. The third-order valence-corrected chi connectivity index (χ3v) is 6.06. The highest BCUT2D eigenvalue weighted by Crippen LogP contribution is 2.35. The van der Waals surface area contributed by atoms with E-state index in [1.165, 1.54) is 11.3 Å². The van der Waals surface area contributed by atoms with Crippen molar-refractivity contribution in [1.29, 1.82) is 0 Å². The molecule has 0 saturated heterocycles. The predicted molar refractivity (Wildman–Crippen MR) is 118 cm³/mol. The van der Waals surface area contributed by atoms with Crippen LogP contribution in [-0.2, 0) is 0 Å². The minimum atomic E-state index is 0.624. The Hall–Kier alpha value is -3.62. The van der Waals surface area contributed by atoms with Gasteiger partial charge < -0.3 is 4.98 Å². The first-order chi connectivity index (χ1) is 14.8. The highest BCUT2D eigenvalue weighted by Gasteiger charge is 2.17. The topological polar surface area (TPSA) is 96.0 Å². The largest absolute Gasteiger partial charge is 0.335 e. The van der Waals surface area contributed by atoms with Crippen molar-refractivity contribution in [2.24, 2.45) is 0 Å². The smallest absolute Gasteiger partial charge is 0.161 e. The van der Waals surface area contributed by atoms with Crippen LogP contribution in [0.3, 0.4) is 0 Å². The Bertz CT molecular complexity index is 1520. The molecule has 6 aromatic heterocycles. The lowest BCUT2D eigenvalue weighted by Crippen LogP contribution is -1.88. The fourth-order valence-corrected chi connectivity index (χ4v) is 4.46. The monoisotopic (exact) mass is 429 g/mol. The van der Waals surface area contributed by atoms with E-state index in [-0.39, 0.29) is 0 Å². The molecule has 0 fully saturated rings. The van der Waals surface area contributed by atoms with Crippen LogP contribution in [0, 0.1) is 0 Å². The number of H-pyrrole nitrogens is 2. The molecule has 144 valence electrons. The molecule has 0 atom stereocenters. The van der Waals surface area contributed by atoms with E-state index in [4.69, 9.17) is 21.6 Å². The number of nitrogens with one attached hydrogen (secondary N) is 2. The summed E-state index contributed by atoms with van der Waals surface area (Å²) in [7, 11) is 0. The summed E-state index contributed by atoms with van der Waals surface area (Å²) in [5.74, 6) is 0.624. The van der Waals surface area contributed by atoms with Gasteiger partial charge in [-0.3, -0.25) is 15.1 Å². The van der Waals surface area contributed by atoms with Crippen LogP contribution in [0.1, 0.15) is 0 Å². The number of imidazole rings is 1. The zero-order valence-corrected chi connectivity index (χ0v) is 16.9. The van der Waals surface area contributed by atoms with Crippen molar-refractivity contribution in [3.05, 3.63) is 65.4 Å². The summed E-state index contributed by atoms with van der Waals surface area (Å²) in [5, 5.41) is 7.50. The average Bonchev–Trinajstić information content (AvgIpc) is 3.51. The van der Waals surface area contributed by atoms with Gasteiger partial charge in [0.15, 0.2) is 11.5 Å². The van der Waals surface area contributed by atoms with Gasteiger partial charge in [0, 0.05) is 22.8 Å². The number of aromatic amines is 2. The van der Waals surface area contributed by atoms with E-state index in [2.05, 4.69) is 25.1 Å². The van der Waals surface area contributed by atoms with Crippen molar-refractivity contribution in [3.8, 4) is 33.3 Å². The van der Waals surface area contributed by atoms with E-state index in [0.717, 1.165) is 48.2 Å². The van der Waals surface area contributed by atoms with Gasteiger partial charge in [-0.15, -0.1) is 11.3 Å². The Morgan fingerprint density at radius 2 is 1.83 bits per heavy atom. The minimum absolute atomic E-state index is 0.624. The van der Waals surface area contributed by atoms with Crippen LogP contribution in [0.2, 0.25) is 4.34 Å². The Labute approximate surface area is 178 Å². The van der Waals surface area contributed by atoms with Gasteiger partial charge in [-0.05, 0) is 36.4 Å². The first kappa shape index (κ1) is 17.3. The quantitative estimate of drug-likeness (QED) is 0.395. The Balaban J connectivity index is 1.52. The van der Waals surface area contributed by atoms with Crippen molar-refractivity contribution in [2.75, 3.05) is 0 Å². The summed E-state index contributed by atoms with van der Waals surface area (Å²) in [4.78, 5) is 22.7. The van der Waals surface area contributed by atoms with E-state index in [1.807, 2.05) is 42.5 Å². The number of thiophene rings is 1. The first-order valence-corrected chi connectivity index (χ1v) is 10.3. The van der Waals surface area contributed by atoms with Crippen LogP contribution in [0.15, 0.2) is 61.1 Å². The van der Waals surface area contributed by atoms with Gasteiger partial charge in [0.25, 0.3) is 0 Å². The van der Waals surface area contributed by atoms with Crippen molar-refractivity contribution in [3.63, 3.8) is 0 Å². The number of aromatic nitrogens is 7. The lowest BCUT2D eigenvalue weighted by atomic mass is 10.2. The third kappa shape index (κ3) is 2.77. The molecule has 6 rings (SSSR count).